The van der Waals surface area contributed by atoms with E-state index in [0.29, 0.717) is 30.0 Å². The Balaban J connectivity index is 1.63. The summed E-state index contributed by atoms with van der Waals surface area (Å²) in [7, 11) is 0. The molecule has 2 aromatic carbocycles. The van der Waals surface area contributed by atoms with E-state index in [2.05, 4.69) is 10.6 Å². The third-order valence-corrected chi connectivity index (χ3v) is 4.28. The maximum atomic E-state index is 12.0. The van der Waals surface area contributed by atoms with E-state index in [1.807, 2.05) is 6.92 Å². The molecule has 0 atom stereocenters. The molecular weight excluding hydrogens is 428 g/mol. The number of benzene rings is 2. The van der Waals surface area contributed by atoms with Crippen LogP contribution in [0, 0.1) is 0 Å². The van der Waals surface area contributed by atoms with Gasteiger partial charge in [0.2, 0.25) is 5.91 Å². The summed E-state index contributed by atoms with van der Waals surface area (Å²) in [6, 6.07) is 13.1. The van der Waals surface area contributed by atoms with Gasteiger partial charge in [-0.15, -0.1) is 0 Å². The number of carbonyl (C=O) groups is 4. The molecule has 0 aliphatic rings. The van der Waals surface area contributed by atoms with Crippen molar-refractivity contribution in [1.82, 2.24) is 0 Å². The molecule has 2 aromatic rings. The zero-order valence-electron chi connectivity index (χ0n) is 18.7. The molecule has 0 aliphatic heterocycles. The quantitative estimate of drug-likeness (QED) is 0.469. The fourth-order valence-corrected chi connectivity index (χ4v) is 2.74. The lowest BCUT2D eigenvalue weighted by atomic mass is 10.2. The summed E-state index contributed by atoms with van der Waals surface area (Å²) in [5.74, 6) is -1.04. The molecule has 176 valence electrons. The van der Waals surface area contributed by atoms with E-state index in [9.17, 15) is 19.2 Å². The van der Waals surface area contributed by atoms with E-state index in [-0.39, 0.29) is 25.4 Å². The van der Waals surface area contributed by atoms with Gasteiger partial charge in [0.05, 0.1) is 18.8 Å². The van der Waals surface area contributed by atoms with Gasteiger partial charge in [0.25, 0.3) is 5.91 Å². The highest BCUT2D eigenvalue weighted by atomic mass is 16.5. The van der Waals surface area contributed by atoms with Crippen LogP contribution in [-0.4, -0.2) is 43.6 Å². The number of ether oxygens (including phenoxy) is 3. The lowest BCUT2D eigenvalue weighted by Gasteiger charge is -2.08. The average molecular weight is 456 g/mol. The number of hydrogen-bond acceptors (Lipinski definition) is 7. The predicted octanol–water partition coefficient (Wildman–Crippen LogP) is 3.55. The topological polar surface area (TPSA) is 120 Å². The normalized spacial score (nSPS) is 10.1. The van der Waals surface area contributed by atoms with Crippen molar-refractivity contribution >= 4 is 35.1 Å². The van der Waals surface area contributed by atoms with Crippen LogP contribution in [0.25, 0.3) is 0 Å². The summed E-state index contributed by atoms with van der Waals surface area (Å²) < 4.78 is 15.2. The molecule has 2 amide bonds. The SMILES string of the molecule is CCOC(=O)c1ccc(NC(=O)COC(=O)CCCC(=O)Nc2ccc(OCC)cc2)cc1. The van der Waals surface area contributed by atoms with Crippen molar-refractivity contribution in [2.24, 2.45) is 0 Å². The van der Waals surface area contributed by atoms with Crippen molar-refractivity contribution < 1.29 is 33.4 Å². The van der Waals surface area contributed by atoms with Crippen molar-refractivity contribution in [2.45, 2.75) is 33.1 Å². The Morgan fingerprint density at radius 2 is 1.33 bits per heavy atom. The maximum Gasteiger partial charge on any atom is 0.338 e. The highest BCUT2D eigenvalue weighted by Crippen LogP contribution is 2.16. The monoisotopic (exact) mass is 456 g/mol. The van der Waals surface area contributed by atoms with Gasteiger partial charge in [0.15, 0.2) is 6.61 Å². The van der Waals surface area contributed by atoms with Crippen LogP contribution < -0.4 is 15.4 Å². The maximum absolute atomic E-state index is 12.0. The molecule has 0 unspecified atom stereocenters. The Labute approximate surface area is 192 Å². The van der Waals surface area contributed by atoms with Gasteiger partial charge in [-0.25, -0.2) is 4.79 Å². The molecule has 0 bridgehead atoms. The minimum absolute atomic E-state index is 0.0121. The van der Waals surface area contributed by atoms with Gasteiger partial charge in [-0.1, -0.05) is 0 Å². The fraction of sp³-hybridized carbons (Fsp3) is 0.333. The highest BCUT2D eigenvalue weighted by Gasteiger charge is 2.11. The summed E-state index contributed by atoms with van der Waals surface area (Å²) in [6.45, 7) is 3.99. The molecule has 9 heteroatoms. The Morgan fingerprint density at radius 3 is 1.94 bits per heavy atom. The van der Waals surface area contributed by atoms with Crippen molar-refractivity contribution in [3.8, 4) is 5.75 Å². The molecule has 9 nitrogen and oxygen atoms in total. The second-order valence-electron chi connectivity index (χ2n) is 6.87. The molecule has 0 spiro atoms. The second-order valence-corrected chi connectivity index (χ2v) is 6.87. The van der Waals surface area contributed by atoms with Crippen LogP contribution in [0.15, 0.2) is 48.5 Å². The first-order valence-corrected chi connectivity index (χ1v) is 10.7. The third-order valence-electron chi connectivity index (χ3n) is 4.28. The minimum atomic E-state index is -0.573. The third kappa shape index (κ3) is 9.42. The molecular formula is C24H28N2O7. The number of anilines is 2. The first-order valence-electron chi connectivity index (χ1n) is 10.7. The van der Waals surface area contributed by atoms with Gasteiger partial charge in [-0.2, -0.15) is 0 Å². The Hall–Kier alpha value is -3.88. The van der Waals surface area contributed by atoms with Crippen LogP contribution in [0.2, 0.25) is 0 Å². The molecule has 33 heavy (non-hydrogen) atoms. The Bertz CT molecular complexity index is 940. The van der Waals surface area contributed by atoms with E-state index in [0.717, 1.165) is 5.75 Å². The molecule has 0 saturated heterocycles. The van der Waals surface area contributed by atoms with Crippen LogP contribution in [-0.2, 0) is 23.9 Å². The van der Waals surface area contributed by atoms with Crippen LogP contribution in [0.5, 0.6) is 5.75 Å². The molecule has 2 N–H and O–H groups in total. The number of esters is 2. The van der Waals surface area contributed by atoms with E-state index >= 15 is 0 Å². The molecule has 2 rings (SSSR count). The van der Waals surface area contributed by atoms with Crippen molar-refractivity contribution in [2.75, 3.05) is 30.5 Å². The highest BCUT2D eigenvalue weighted by molar-refractivity contribution is 5.94. The predicted molar refractivity (Wildman–Crippen MR) is 122 cm³/mol. The van der Waals surface area contributed by atoms with Crippen LogP contribution in [0.1, 0.15) is 43.5 Å². The lowest BCUT2D eigenvalue weighted by molar-refractivity contribution is -0.147. The van der Waals surface area contributed by atoms with E-state index in [1.54, 1.807) is 43.3 Å². The van der Waals surface area contributed by atoms with Crippen molar-refractivity contribution in [3.05, 3.63) is 54.1 Å². The second kappa shape index (κ2) is 13.5. The van der Waals surface area contributed by atoms with E-state index in [1.165, 1.54) is 12.1 Å². The summed E-state index contributed by atoms with van der Waals surface area (Å²) >= 11 is 0. The van der Waals surface area contributed by atoms with Gasteiger partial charge in [0, 0.05) is 24.2 Å². The summed E-state index contributed by atoms with van der Waals surface area (Å²) in [5, 5.41) is 5.31. The van der Waals surface area contributed by atoms with E-state index in [4.69, 9.17) is 14.2 Å². The fourth-order valence-electron chi connectivity index (χ4n) is 2.74. The molecule has 0 aliphatic carbocycles. The minimum Gasteiger partial charge on any atom is -0.494 e. The number of rotatable bonds is 12. The van der Waals surface area contributed by atoms with Crippen molar-refractivity contribution in [1.29, 1.82) is 0 Å². The molecule has 0 saturated carbocycles. The van der Waals surface area contributed by atoms with Gasteiger partial charge in [0.1, 0.15) is 5.75 Å². The van der Waals surface area contributed by atoms with Crippen LogP contribution in [0.4, 0.5) is 11.4 Å². The first-order chi connectivity index (χ1) is 15.9. The number of hydrogen-bond donors (Lipinski definition) is 2. The van der Waals surface area contributed by atoms with Gasteiger partial charge in [-0.05, 0) is 68.8 Å². The summed E-state index contributed by atoms with van der Waals surface area (Å²) in [6.07, 6.45) is 0.443. The summed E-state index contributed by atoms with van der Waals surface area (Å²) in [5.41, 5.74) is 1.46. The number of carbonyl (C=O) groups excluding carboxylic acids is 4. The average Bonchev–Trinajstić information content (AvgIpc) is 2.80. The standard InChI is InChI=1S/C24H28N2O7/c1-3-31-20-14-12-19(13-15-20)25-21(27)6-5-7-23(29)33-16-22(28)26-18-10-8-17(9-11-18)24(30)32-4-2/h8-15H,3-7,16H2,1-2H3,(H,25,27)(H,26,28). The van der Waals surface area contributed by atoms with E-state index < -0.39 is 24.5 Å². The summed E-state index contributed by atoms with van der Waals surface area (Å²) in [4.78, 5) is 47.4. The van der Waals surface area contributed by atoms with Crippen LogP contribution >= 0.6 is 0 Å². The smallest absolute Gasteiger partial charge is 0.338 e. The zero-order chi connectivity index (χ0) is 24.1. The number of nitrogens with one attached hydrogen (secondary N) is 2. The first kappa shape index (κ1) is 25.4. The number of amides is 2. The Kier molecular flexibility index (Phi) is 10.4. The van der Waals surface area contributed by atoms with Gasteiger partial charge >= 0.3 is 11.9 Å². The molecule has 0 fully saturated rings. The van der Waals surface area contributed by atoms with Gasteiger partial charge in [-0.3, -0.25) is 14.4 Å². The molecule has 0 radical (unpaired) electrons. The lowest BCUT2D eigenvalue weighted by Crippen LogP contribution is -2.21. The largest absolute Gasteiger partial charge is 0.494 e. The molecule has 0 aromatic heterocycles. The zero-order valence-corrected chi connectivity index (χ0v) is 18.7. The Morgan fingerprint density at radius 1 is 0.727 bits per heavy atom. The molecule has 0 heterocycles. The van der Waals surface area contributed by atoms with Crippen LogP contribution in [0.3, 0.4) is 0 Å². The van der Waals surface area contributed by atoms with Crippen molar-refractivity contribution in [3.63, 3.8) is 0 Å². The van der Waals surface area contributed by atoms with Gasteiger partial charge < -0.3 is 24.8 Å².